The number of nitrogens with zero attached hydrogens (tertiary/aromatic N) is 2. The third-order valence-corrected chi connectivity index (χ3v) is 5.29. The lowest BCUT2D eigenvalue weighted by Crippen LogP contribution is -2.26. The van der Waals surface area contributed by atoms with Crippen molar-refractivity contribution in [2.75, 3.05) is 29.9 Å². The summed E-state index contributed by atoms with van der Waals surface area (Å²) in [6.07, 6.45) is 1.64. The van der Waals surface area contributed by atoms with Crippen molar-refractivity contribution in [2.24, 2.45) is 5.10 Å². The normalized spacial score (nSPS) is 10.9. The van der Waals surface area contributed by atoms with Crippen molar-refractivity contribution in [3.63, 3.8) is 0 Å². The molecule has 1 amide bonds. The van der Waals surface area contributed by atoms with Gasteiger partial charge in [-0.25, -0.2) is 5.43 Å². The van der Waals surface area contributed by atoms with Crippen molar-refractivity contribution in [1.29, 1.82) is 0 Å². The molecule has 2 aromatic rings. The molecule has 144 valence electrons. The molecule has 0 aliphatic heterocycles. The van der Waals surface area contributed by atoms with Crippen molar-refractivity contribution >= 4 is 55.4 Å². The van der Waals surface area contributed by atoms with E-state index in [0.717, 1.165) is 38.8 Å². The summed E-state index contributed by atoms with van der Waals surface area (Å²) in [4.78, 5) is 14.3. The third-order valence-electron chi connectivity index (χ3n) is 4.04. The molecule has 0 spiro atoms. The summed E-state index contributed by atoms with van der Waals surface area (Å²) in [6.45, 7) is 8.35. The van der Waals surface area contributed by atoms with Gasteiger partial charge in [0.15, 0.2) is 0 Å². The van der Waals surface area contributed by atoms with Gasteiger partial charge >= 0.3 is 0 Å². The highest BCUT2D eigenvalue weighted by Gasteiger charge is 2.08. The van der Waals surface area contributed by atoms with Gasteiger partial charge in [0.25, 0.3) is 5.91 Å². The number of halogens is 2. The Morgan fingerprint density at radius 3 is 2.26 bits per heavy atom. The average Bonchev–Trinajstić information content (AvgIpc) is 2.63. The number of amides is 1. The minimum atomic E-state index is -0.217. The third kappa shape index (κ3) is 6.36. The van der Waals surface area contributed by atoms with Crippen LogP contribution in [0, 0.1) is 6.92 Å². The van der Waals surface area contributed by atoms with Crippen molar-refractivity contribution in [3.05, 3.63) is 56.5 Å². The highest BCUT2D eigenvalue weighted by atomic mass is 79.9. The quantitative estimate of drug-likeness (QED) is 0.403. The lowest BCUT2D eigenvalue weighted by molar-refractivity contribution is -0.119. The lowest BCUT2D eigenvalue weighted by Gasteiger charge is -2.20. The zero-order valence-corrected chi connectivity index (χ0v) is 18.9. The van der Waals surface area contributed by atoms with Gasteiger partial charge in [0, 0.05) is 27.7 Å². The second-order valence-corrected chi connectivity index (χ2v) is 7.72. The van der Waals surface area contributed by atoms with E-state index in [0.29, 0.717) is 0 Å². The molecular weight excluding hydrogens is 472 g/mol. The molecule has 0 atom stereocenters. The number of nitrogens with one attached hydrogen (secondary N) is 2. The number of aryl methyl sites for hydroxylation is 1. The van der Waals surface area contributed by atoms with E-state index < -0.39 is 0 Å². The Kier molecular flexibility index (Phi) is 8.31. The van der Waals surface area contributed by atoms with Crippen LogP contribution in [0.1, 0.15) is 25.0 Å². The van der Waals surface area contributed by atoms with Gasteiger partial charge in [-0.2, -0.15) is 5.10 Å². The Morgan fingerprint density at radius 1 is 1.11 bits per heavy atom. The maximum Gasteiger partial charge on any atom is 0.259 e. The van der Waals surface area contributed by atoms with Crippen LogP contribution in [0.3, 0.4) is 0 Å². The van der Waals surface area contributed by atoms with Crippen LogP contribution in [0.4, 0.5) is 11.4 Å². The largest absolute Gasteiger partial charge is 0.374 e. The molecule has 0 saturated carbocycles. The van der Waals surface area contributed by atoms with E-state index in [9.17, 15) is 4.79 Å². The molecule has 0 aliphatic rings. The molecule has 0 saturated heterocycles. The molecule has 0 heterocycles. The molecule has 7 heteroatoms. The van der Waals surface area contributed by atoms with Gasteiger partial charge in [0.1, 0.15) is 0 Å². The second-order valence-electron chi connectivity index (χ2n) is 6.01. The van der Waals surface area contributed by atoms with Crippen LogP contribution in [0.25, 0.3) is 0 Å². The molecule has 27 heavy (non-hydrogen) atoms. The average molecular weight is 496 g/mol. The first kappa shape index (κ1) is 21.4. The van der Waals surface area contributed by atoms with E-state index in [1.54, 1.807) is 6.21 Å². The van der Waals surface area contributed by atoms with Gasteiger partial charge < -0.3 is 10.2 Å². The van der Waals surface area contributed by atoms with E-state index >= 15 is 0 Å². The second kappa shape index (κ2) is 10.5. The zero-order valence-electron chi connectivity index (χ0n) is 15.7. The molecule has 0 fully saturated rings. The molecule has 0 radical (unpaired) electrons. The monoisotopic (exact) mass is 494 g/mol. The van der Waals surface area contributed by atoms with Crippen molar-refractivity contribution in [3.8, 4) is 0 Å². The topological polar surface area (TPSA) is 56.7 Å². The maximum absolute atomic E-state index is 12.0. The van der Waals surface area contributed by atoms with E-state index in [4.69, 9.17) is 0 Å². The first-order chi connectivity index (χ1) is 12.9. The highest BCUT2D eigenvalue weighted by molar-refractivity contribution is 9.11. The van der Waals surface area contributed by atoms with Crippen molar-refractivity contribution < 1.29 is 4.79 Å². The van der Waals surface area contributed by atoms with E-state index in [1.165, 1.54) is 5.69 Å². The molecule has 2 aromatic carbocycles. The van der Waals surface area contributed by atoms with Gasteiger partial charge in [-0.05, 0) is 88.0 Å². The number of benzene rings is 2. The summed E-state index contributed by atoms with van der Waals surface area (Å²) < 4.78 is 1.80. The summed E-state index contributed by atoms with van der Waals surface area (Å²) in [6, 6.07) is 12.1. The SMILES string of the molecule is CCN(CC)c1ccc(C=NNC(=O)CNc2c(Br)cc(C)cc2Br)cc1. The Morgan fingerprint density at radius 2 is 1.70 bits per heavy atom. The number of carbonyl (C=O) groups excluding carboxylic acids is 1. The number of rotatable bonds is 8. The van der Waals surface area contributed by atoms with E-state index in [-0.39, 0.29) is 12.5 Å². The first-order valence-corrected chi connectivity index (χ1v) is 10.4. The minimum Gasteiger partial charge on any atom is -0.374 e. The Balaban J connectivity index is 1.86. The van der Waals surface area contributed by atoms with Gasteiger partial charge in [-0.3, -0.25) is 4.79 Å². The maximum atomic E-state index is 12.0. The molecule has 0 bridgehead atoms. The fraction of sp³-hybridized carbons (Fsp3) is 0.300. The van der Waals surface area contributed by atoms with Gasteiger partial charge in [0.2, 0.25) is 0 Å². The number of hydrogen-bond acceptors (Lipinski definition) is 4. The predicted molar refractivity (Wildman–Crippen MR) is 121 cm³/mol. The van der Waals surface area contributed by atoms with Gasteiger partial charge in [-0.15, -0.1) is 0 Å². The van der Waals surface area contributed by atoms with Crippen LogP contribution in [0.15, 0.2) is 50.4 Å². The summed E-state index contributed by atoms with van der Waals surface area (Å²) in [5.74, 6) is -0.217. The summed E-state index contributed by atoms with van der Waals surface area (Å²) in [7, 11) is 0. The fourth-order valence-corrected chi connectivity index (χ4v) is 4.31. The zero-order chi connectivity index (χ0) is 19.8. The number of hydrogen-bond donors (Lipinski definition) is 2. The Bertz CT molecular complexity index is 779. The van der Waals surface area contributed by atoms with Crippen LogP contribution in [-0.2, 0) is 4.79 Å². The fourth-order valence-electron chi connectivity index (χ4n) is 2.62. The molecule has 2 N–H and O–H groups in total. The van der Waals surface area contributed by atoms with Gasteiger partial charge in [0.05, 0.1) is 18.4 Å². The number of carbonyl (C=O) groups is 1. The standard InChI is InChI=1S/C20H24Br2N4O/c1-4-26(5-2)16-8-6-15(7-9-16)12-24-25-19(27)13-23-20-17(21)10-14(3)11-18(20)22/h6-12,23H,4-5,13H2,1-3H3,(H,25,27). The highest BCUT2D eigenvalue weighted by Crippen LogP contribution is 2.32. The Hall–Kier alpha value is -1.86. The smallest absolute Gasteiger partial charge is 0.259 e. The molecule has 0 aliphatic carbocycles. The number of hydrazone groups is 1. The summed E-state index contributed by atoms with van der Waals surface area (Å²) >= 11 is 7.00. The van der Waals surface area contributed by atoms with Crippen LogP contribution in [-0.4, -0.2) is 31.8 Å². The van der Waals surface area contributed by atoms with E-state index in [1.807, 2.05) is 31.2 Å². The molecule has 0 unspecified atom stereocenters. The summed E-state index contributed by atoms with van der Waals surface area (Å²) in [5.41, 5.74) is 6.62. The summed E-state index contributed by atoms with van der Waals surface area (Å²) in [5, 5.41) is 7.13. The molecule has 2 rings (SSSR count). The lowest BCUT2D eigenvalue weighted by atomic mass is 10.2. The minimum absolute atomic E-state index is 0.124. The van der Waals surface area contributed by atoms with Gasteiger partial charge in [-0.1, -0.05) is 12.1 Å². The van der Waals surface area contributed by atoms with Crippen LogP contribution >= 0.6 is 31.9 Å². The van der Waals surface area contributed by atoms with Crippen molar-refractivity contribution in [2.45, 2.75) is 20.8 Å². The van der Waals surface area contributed by atoms with Crippen LogP contribution in [0.5, 0.6) is 0 Å². The van der Waals surface area contributed by atoms with Crippen molar-refractivity contribution in [1.82, 2.24) is 5.43 Å². The molecule has 0 aromatic heterocycles. The van der Waals surface area contributed by atoms with Crippen LogP contribution < -0.4 is 15.6 Å². The Labute approximate surface area is 177 Å². The van der Waals surface area contributed by atoms with Crippen LogP contribution in [0.2, 0.25) is 0 Å². The number of anilines is 2. The molecular formula is C20H24Br2N4O. The predicted octanol–water partition coefficient (Wildman–Crippen LogP) is 4.93. The first-order valence-electron chi connectivity index (χ1n) is 8.81. The van der Waals surface area contributed by atoms with E-state index in [2.05, 4.69) is 78.6 Å². The molecule has 5 nitrogen and oxygen atoms in total.